The van der Waals surface area contributed by atoms with Gasteiger partial charge in [-0.25, -0.2) is 0 Å². The fraction of sp³-hybridized carbons (Fsp3) is 0.625. The molecule has 0 radical (unpaired) electrons. The minimum atomic E-state index is 0.636. The van der Waals surface area contributed by atoms with Gasteiger partial charge < -0.3 is 5.32 Å². The predicted molar refractivity (Wildman–Crippen MR) is 74.4 cm³/mol. The summed E-state index contributed by atoms with van der Waals surface area (Å²) in [6, 6.07) is 9.65. The van der Waals surface area contributed by atoms with Gasteiger partial charge in [0.25, 0.3) is 0 Å². The van der Waals surface area contributed by atoms with Crippen molar-refractivity contribution in [2.24, 2.45) is 5.92 Å². The number of aryl methyl sites for hydroxylation is 1. The van der Waals surface area contributed by atoms with Crippen LogP contribution in [0.3, 0.4) is 0 Å². The Morgan fingerprint density at radius 3 is 2.76 bits per heavy atom. The summed E-state index contributed by atoms with van der Waals surface area (Å²) in [5.74, 6) is 1.48. The van der Waals surface area contributed by atoms with E-state index in [0.717, 1.165) is 5.92 Å². The van der Waals surface area contributed by atoms with Crippen LogP contribution in [0, 0.1) is 5.92 Å². The van der Waals surface area contributed by atoms with Crippen LogP contribution in [0.2, 0.25) is 0 Å². The van der Waals surface area contributed by atoms with Gasteiger partial charge in [-0.05, 0) is 55.7 Å². The van der Waals surface area contributed by atoms with Crippen molar-refractivity contribution >= 4 is 0 Å². The molecule has 0 fully saturated rings. The molecule has 1 N–H and O–H groups in total. The molecule has 17 heavy (non-hydrogen) atoms. The highest BCUT2D eigenvalue weighted by atomic mass is 14.9. The zero-order valence-corrected chi connectivity index (χ0v) is 11.4. The van der Waals surface area contributed by atoms with Crippen LogP contribution in [0.25, 0.3) is 0 Å². The minimum absolute atomic E-state index is 0.636. The number of benzene rings is 1. The second-order valence-electron chi connectivity index (χ2n) is 5.72. The summed E-state index contributed by atoms with van der Waals surface area (Å²) in [6.45, 7) is 4.64. The molecule has 1 aliphatic carbocycles. The topological polar surface area (TPSA) is 12.0 Å². The summed E-state index contributed by atoms with van der Waals surface area (Å²) in [4.78, 5) is 0. The van der Waals surface area contributed by atoms with Crippen molar-refractivity contribution in [3.63, 3.8) is 0 Å². The smallest absolute Gasteiger partial charge is 0.0135 e. The van der Waals surface area contributed by atoms with E-state index in [1.54, 1.807) is 11.1 Å². The van der Waals surface area contributed by atoms with Gasteiger partial charge in [-0.1, -0.05) is 38.1 Å². The number of nitrogens with one attached hydrogen (secondary N) is 1. The van der Waals surface area contributed by atoms with Crippen LogP contribution in [0.5, 0.6) is 0 Å². The molecule has 1 aliphatic rings. The second kappa shape index (κ2) is 5.68. The van der Waals surface area contributed by atoms with Gasteiger partial charge in [0.2, 0.25) is 0 Å². The Labute approximate surface area is 106 Å². The lowest BCUT2D eigenvalue weighted by atomic mass is 9.77. The van der Waals surface area contributed by atoms with Crippen molar-refractivity contribution < 1.29 is 0 Å². The lowest BCUT2D eigenvalue weighted by Crippen LogP contribution is -2.35. The first kappa shape index (κ1) is 12.6. The maximum Gasteiger partial charge on any atom is 0.0135 e. The fourth-order valence-corrected chi connectivity index (χ4v) is 3.20. The molecule has 0 saturated carbocycles. The molecular weight excluding hydrogens is 206 g/mol. The van der Waals surface area contributed by atoms with E-state index in [4.69, 9.17) is 0 Å². The van der Waals surface area contributed by atoms with Gasteiger partial charge >= 0.3 is 0 Å². The van der Waals surface area contributed by atoms with Crippen LogP contribution >= 0.6 is 0 Å². The van der Waals surface area contributed by atoms with Gasteiger partial charge in [-0.3, -0.25) is 0 Å². The molecule has 2 atom stereocenters. The van der Waals surface area contributed by atoms with E-state index < -0.39 is 0 Å². The quantitative estimate of drug-likeness (QED) is 0.832. The average molecular weight is 231 g/mol. The van der Waals surface area contributed by atoms with Crippen molar-refractivity contribution in [3.8, 4) is 0 Å². The molecular formula is C16H25N. The summed E-state index contributed by atoms with van der Waals surface area (Å²) >= 11 is 0. The summed E-state index contributed by atoms with van der Waals surface area (Å²) in [5.41, 5.74) is 3.17. The summed E-state index contributed by atoms with van der Waals surface area (Å²) < 4.78 is 0. The Morgan fingerprint density at radius 1 is 1.29 bits per heavy atom. The minimum Gasteiger partial charge on any atom is -0.316 e. The van der Waals surface area contributed by atoms with Crippen LogP contribution in [0.15, 0.2) is 24.3 Å². The van der Waals surface area contributed by atoms with Gasteiger partial charge in [0.05, 0.1) is 0 Å². The molecule has 0 amide bonds. The van der Waals surface area contributed by atoms with E-state index in [1.807, 2.05) is 0 Å². The third-order valence-corrected chi connectivity index (χ3v) is 4.00. The van der Waals surface area contributed by atoms with E-state index in [1.165, 1.54) is 25.7 Å². The van der Waals surface area contributed by atoms with E-state index in [9.17, 15) is 0 Å². The van der Waals surface area contributed by atoms with Crippen LogP contribution in [0.4, 0.5) is 0 Å². The van der Waals surface area contributed by atoms with Crippen LogP contribution in [-0.2, 0) is 6.42 Å². The predicted octanol–water partition coefficient (Wildman–Crippen LogP) is 3.74. The third-order valence-electron chi connectivity index (χ3n) is 4.00. The Hall–Kier alpha value is -0.820. The molecule has 0 spiro atoms. The molecule has 0 aromatic heterocycles. The van der Waals surface area contributed by atoms with Crippen molar-refractivity contribution in [1.82, 2.24) is 5.32 Å². The van der Waals surface area contributed by atoms with Crippen LogP contribution in [0.1, 0.15) is 50.2 Å². The first-order chi connectivity index (χ1) is 8.22. The normalized spacial score (nSPS) is 21.3. The average Bonchev–Trinajstić information content (AvgIpc) is 2.35. The highest BCUT2D eigenvalue weighted by Gasteiger charge is 2.26. The zero-order chi connectivity index (χ0) is 12.3. The maximum absolute atomic E-state index is 3.54. The molecule has 0 saturated heterocycles. The van der Waals surface area contributed by atoms with E-state index in [0.29, 0.717) is 12.0 Å². The van der Waals surface area contributed by atoms with E-state index in [-0.39, 0.29) is 0 Å². The molecule has 0 heterocycles. The lowest BCUT2D eigenvalue weighted by Gasteiger charge is -2.33. The zero-order valence-electron chi connectivity index (χ0n) is 11.4. The molecule has 94 valence electrons. The van der Waals surface area contributed by atoms with Crippen molar-refractivity contribution in [2.45, 2.75) is 51.5 Å². The van der Waals surface area contributed by atoms with Crippen molar-refractivity contribution in [3.05, 3.63) is 35.4 Å². The SMILES string of the molecule is CNC(CC(C)C)C1CCCc2ccccc21. The fourth-order valence-electron chi connectivity index (χ4n) is 3.20. The number of hydrogen-bond donors (Lipinski definition) is 1. The van der Waals surface area contributed by atoms with Gasteiger partial charge in [0.1, 0.15) is 0 Å². The molecule has 1 heteroatoms. The van der Waals surface area contributed by atoms with Gasteiger partial charge in [-0.15, -0.1) is 0 Å². The summed E-state index contributed by atoms with van der Waals surface area (Å²) in [5, 5.41) is 3.54. The maximum atomic E-state index is 3.54. The van der Waals surface area contributed by atoms with Crippen LogP contribution < -0.4 is 5.32 Å². The number of fused-ring (bicyclic) bond motifs is 1. The van der Waals surface area contributed by atoms with E-state index >= 15 is 0 Å². The van der Waals surface area contributed by atoms with Crippen molar-refractivity contribution in [1.29, 1.82) is 0 Å². The Bertz CT molecular complexity index is 356. The molecule has 1 aromatic carbocycles. The highest BCUT2D eigenvalue weighted by Crippen LogP contribution is 2.35. The van der Waals surface area contributed by atoms with E-state index in [2.05, 4.69) is 50.5 Å². The molecule has 1 nitrogen and oxygen atoms in total. The second-order valence-corrected chi connectivity index (χ2v) is 5.72. The summed E-state index contributed by atoms with van der Waals surface area (Å²) in [7, 11) is 2.12. The molecule has 2 unspecified atom stereocenters. The van der Waals surface area contributed by atoms with Gasteiger partial charge in [0, 0.05) is 6.04 Å². The molecule has 1 aromatic rings. The molecule has 0 aliphatic heterocycles. The third kappa shape index (κ3) is 2.90. The first-order valence-corrected chi connectivity index (χ1v) is 6.97. The monoisotopic (exact) mass is 231 g/mol. The standard InChI is InChI=1S/C16H25N/c1-12(2)11-16(17-3)15-10-6-8-13-7-4-5-9-14(13)15/h4-5,7,9,12,15-17H,6,8,10-11H2,1-3H3. The Balaban J connectivity index is 2.21. The highest BCUT2D eigenvalue weighted by molar-refractivity contribution is 5.33. The lowest BCUT2D eigenvalue weighted by molar-refractivity contribution is 0.356. The Kier molecular flexibility index (Phi) is 4.22. The summed E-state index contributed by atoms with van der Waals surface area (Å²) in [6.07, 6.45) is 5.23. The number of hydrogen-bond acceptors (Lipinski definition) is 1. The molecule has 0 bridgehead atoms. The molecule has 2 rings (SSSR count). The Morgan fingerprint density at radius 2 is 2.06 bits per heavy atom. The van der Waals surface area contributed by atoms with Gasteiger partial charge in [-0.2, -0.15) is 0 Å². The largest absolute Gasteiger partial charge is 0.316 e. The van der Waals surface area contributed by atoms with Crippen molar-refractivity contribution in [2.75, 3.05) is 7.05 Å². The van der Waals surface area contributed by atoms with Gasteiger partial charge in [0.15, 0.2) is 0 Å². The number of likely N-dealkylation sites (N-methyl/N-ethyl adjacent to an activating group) is 1. The van der Waals surface area contributed by atoms with Crippen LogP contribution in [-0.4, -0.2) is 13.1 Å². The number of rotatable bonds is 4. The first-order valence-electron chi connectivity index (χ1n) is 6.97.